The molecule has 16 heavy (non-hydrogen) atoms. The van der Waals surface area contributed by atoms with Crippen LogP contribution in [-0.2, 0) is 4.74 Å². The summed E-state index contributed by atoms with van der Waals surface area (Å²) in [5, 5.41) is 0. The topological polar surface area (TPSA) is 35.5 Å². The number of benzene rings is 1. The van der Waals surface area contributed by atoms with Gasteiger partial charge in [0, 0.05) is 5.56 Å². The van der Waals surface area contributed by atoms with E-state index in [2.05, 4.69) is 0 Å². The van der Waals surface area contributed by atoms with Gasteiger partial charge in [-0.15, -0.1) is 0 Å². The van der Waals surface area contributed by atoms with Crippen molar-refractivity contribution < 1.29 is 14.3 Å². The van der Waals surface area contributed by atoms with E-state index in [4.69, 9.17) is 9.47 Å². The van der Waals surface area contributed by atoms with Crippen molar-refractivity contribution in [1.29, 1.82) is 0 Å². The van der Waals surface area contributed by atoms with Gasteiger partial charge >= 0.3 is 0 Å². The molecule has 0 bridgehead atoms. The molecule has 0 atom stereocenters. The number of ether oxygens (including phenoxy) is 2. The van der Waals surface area contributed by atoms with Crippen LogP contribution >= 0.6 is 0 Å². The summed E-state index contributed by atoms with van der Waals surface area (Å²) in [6, 6.07) is 7.17. The Hall–Kier alpha value is -1.35. The zero-order chi connectivity index (χ0) is 12.0. The Bertz CT molecular complexity index is 345. The maximum absolute atomic E-state index is 11.7. The van der Waals surface area contributed by atoms with Crippen LogP contribution < -0.4 is 4.74 Å². The van der Waals surface area contributed by atoms with Crippen molar-refractivity contribution in [2.24, 2.45) is 0 Å². The Balaban J connectivity index is 2.64. The average molecular weight is 222 g/mol. The van der Waals surface area contributed by atoms with Gasteiger partial charge in [0.1, 0.15) is 12.4 Å². The fourth-order valence-electron chi connectivity index (χ4n) is 1.25. The van der Waals surface area contributed by atoms with Gasteiger partial charge in [0.15, 0.2) is 5.78 Å². The Kier molecular flexibility index (Phi) is 4.99. The van der Waals surface area contributed by atoms with E-state index in [1.807, 2.05) is 32.9 Å². The van der Waals surface area contributed by atoms with Crippen LogP contribution in [0.1, 0.15) is 31.1 Å². The SMILES string of the molecule is CCOc1cccc(C(=O)COC(C)C)c1. The maximum atomic E-state index is 11.7. The number of carbonyl (C=O) groups excluding carboxylic acids is 1. The van der Waals surface area contributed by atoms with Crippen molar-refractivity contribution in [3.8, 4) is 5.75 Å². The van der Waals surface area contributed by atoms with E-state index in [9.17, 15) is 4.79 Å². The third-order valence-electron chi connectivity index (χ3n) is 2.01. The molecule has 0 fully saturated rings. The Morgan fingerprint density at radius 3 is 2.75 bits per heavy atom. The molecule has 0 aromatic heterocycles. The van der Waals surface area contributed by atoms with Gasteiger partial charge in [-0.1, -0.05) is 12.1 Å². The van der Waals surface area contributed by atoms with Crippen LogP contribution in [0.15, 0.2) is 24.3 Å². The van der Waals surface area contributed by atoms with Crippen molar-refractivity contribution in [2.75, 3.05) is 13.2 Å². The van der Waals surface area contributed by atoms with Crippen LogP contribution in [0.25, 0.3) is 0 Å². The number of hydrogen-bond donors (Lipinski definition) is 0. The van der Waals surface area contributed by atoms with E-state index >= 15 is 0 Å². The summed E-state index contributed by atoms with van der Waals surface area (Å²) in [5.41, 5.74) is 0.631. The molecule has 3 heteroatoms. The molecule has 0 radical (unpaired) electrons. The Labute approximate surface area is 96.4 Å². The van der Waals surface area contributed by atoms with Crippen LogP contribution in [0.5, 0.6) is 5.75 Å². The summed E-state index contributed by atoms with van der Waals surface area (Å²) in [6.07, 6.45) is 0.0685. The Morgan fingerprint density at radius 2 is 2.12 bits per heavy atom. The van der Waals surface area contributed by atoms with Crippen molar-refractivity contribution in [1.82, 2.24) is 0 Å². The quantitative estimate of drug-likeness (QED) is 0.694. The normalized spacial score (nSPS) is 10.5. The minimum Gasteiger partial charge on any atom is -0.494 e. The highest BCUT2D eigenvalue weighted by atomic mass is 16.5. The van der Waals surface area contributed by atoms with Gasteiger partial charge in [0.05, 0.1) is 12.7 Å². The van der Waals surface area contributed by atoms with Crippen molar-refractivity contribution >= 4 is 5.78 Å². The molecule has 0 aliphatic rings. The van der Waals surface area contributed by atoms with E-state index < -0.39 is 0 Å². The molecule has 1 aromatic rings. The molecule has 0 saturated carbocycles. The number of carbonyl (C=O) groups is 1. The van der Waals surface area contributed by atoms with Crippen LogP contribution in [0.3, 0.4) is 0 Å². The van der Waals surface area contributed by atoms with Crippen molar-refractivity contribution in [3.05, 3.63) is 29.8 Å². The summed E-state index contributed by atoms with van der Waals surface area (Å²) in [6.45, 7) is 6.44. The summed E-state index contributed by atoms with van der Waals surface area (Å²) < 4.78 is 10.6. The lowest BCUT2D eigenvalue weighted by molar-refractivity contribution is 0.0584. The second-order valence-electron chi connectivity index (χ2n) is 3.74. The summed E-state index contributed by atoms with van der Waals surface area (Å²) in [4.78, 5) is 11.7. The monoisotopic (exact) mass is 222 g/mol. The highest BCUT2D eigenvalue weighted by Crippen LogP contribution is 2.13. The highest BCUT2D eigenvalue weighted by Gasteiger charge is 2.07. The predicted molar refractivity (Wildman–Crippen MR) is 63.0 cm³/mol. The molecule has 1 aromatic carbocycles. The molecule has 0 heterocycles. The first-order valence-corrected chi connectivity index (χ1v) is 5.51. The zero-order valence-corrected chi connectivity index (χ0v) is 10.0. The minimum atomic E-state index is -0.0183. The Morgan fingerprint density at radius 1 is 1.38 bits per heavy atom. The molecule has 0 spiro atoms. The molecular weight excluding hydrogens is 204 g/mol. The molecule has 0 aliphatic carbocycles. The average Bonchev–Trinajstić information content (AvgIpc) is 2.26. The fourth-order valence-corrected chi connectivity index (χ4v) is 1.25. The van der Waals surface area contributed by atoms with Gasteiger partial charge in [-0.3, -0.25) is 4.79 Å². The number of hydrogen-bond acceptors (Lipinski definition) is 3. The number of Topliss-reactive ketones (excluding diaryl/α,β-unsaturated/α-hetero) is 1. The summed E-state index contributed by atoms with van der Waals surface area (Å²) in [5.74, 6) is 0.702. The van der Waals surface area contributed by atoms with E-state index in [1.165, 1.54) is 0 Å². The van der Waals surface area contributed by atoms with Crippen molar-refractivity contribution in [2.45, 2.75) is 26.9 Å². The first-order valence-electron chi connectivity index (χ1n) is 5.51. The molecule has 0 saturated heterocycles. The van der Waals surface area contributed by atoms with Gasteiger partial charge < -0.3 is 9.47 Å². The van der Waals surface area contributed by atoms with Gasteiger partial charge in [-0.05, 0) is 32.9 Å². The highest BCUT2D eigenvalue weighted by molar-refractivity contribution is 5.97. The van der Waals surface area contributed by atoms with Gasteiger partial charge in [0.25, 0.3) is 0 Å². The molecule has 1 rings (SSSR count). The van der Waals surface area contributed by atoms with Gasteiger partial charge in [-0.2, -0.15) is 0 Å². The largest absolute Gasteiger partial charge is 0.494 e. The van der Waals surface area contributed by atoms with Crippen molar-refractivity contribution in [3.63, 3.8) is 0 Å². The number of rotatable bonds is 6. The molecule has 0 aliphatic heterocycles. The molecule has 3 nitrogen and oxygen atoms in total. The van der Waals surface area contributed by atoms with Crippen LogP contribution in [-0.4, -0.2) is 25.1 Å². The van der Waals surface area contributed by atoms with Gasteiger partial charge in [-0.25, -0.2) is 0 Å². The first kappa shape index (κ1) is 12.7. The lowest BCUT2D eigenvalue weighted by Gasteiger charge is -2.08. The van der Waals surface area contributed by atoms with E-state index in [0.717, 1.165) is 5.75 Å². The molecule has 0 unspecified atom stereocenters. The van der Waals surface area contributed by atoms with E-state index in [-0.39, 0.29) is 18.5 Å². The predicted octanol–water partition coefficient (Wildman–Crippen LogP) is 2.69. The zero-order valence-electron chi connectivity index (χ0n) is 10.0. The molecule has 88 valence electrons. The van der Waals surface area contributed by atoms with Crippen LogP contribution in [0, 0.1) is 0 Å². The first-order chi connectivity index (χ1) is 7.63. The third kappa shape index (κ3) is 4.03. The minimum absolute atomic E-state index is 0.0183. The van der Waals surface area contributed by atoms with E-state index in [1.54, 1.807) is 12.1 Å². The third-order valence-corrected chi connectivity index (χ3v) is 2.01. The standard InChI is InChI=1S/C13H18O3/c1-4-15-12-7-5-6-11(8-12)13(14)9-16-10(2)3/h5-8,10H,4,9H2,1-3H3. The molecule has 0 amide bonds. The van der Waals surface area contributed by atoms with Crippen LogP contribution in [0.4, 0.5) is 0 Å². The summed E-state index contributed by atoms with van der Waals surface area (Å²) in [7, 11) is 0. The fraction of sp³-hybridized carbons (Fsp3) is 0.462. The second kappa shape index (κ2) is 6.28. The lowest BCUT2D eigenvalue weighted by Crippen LogP contribution is -2.13. The van der Waals surface area contributed by atoms with Crippen LogP contribution in [0.2, 0.25) is 0 Å². The maximum Gasteiger partial charge on any atom is 0.188 e. The molecular formula is C13H18O3. The van der Waals surface area contributed by atoms with E-state index in [0.29, 0.717) is 12.2 Å². The number of ketones is 1. The molecule has 0 N–H and O–H groups in total. The lowest BCUT2D eigenvalue weighted by atomic mass is 10.1. The smallest absolute Gasteiger partial charge is 0.188 e. The second-order valence-corrected chi connectivity index (χ2v) is 3.74. The summed E-state index contributed by atoms with van der Waals surface area (Å²) >= 11 is 0. The van der Waals surface area contributed by atoms with Gasteiger partial charge in [0.2, 0.25) is 0 Å².